The molecular formula is C19H16N2O2. The molecule has 2 aromatic carbocycles. The average molecular weight is 304 g/mol. The number of benzene rings is 2. The number of allylic oxidation sites excluding steroid dienone is 1. The molecule has 0 N–H and O–H groups in total. The highest BCUT2D eigenvalue weighted by molar-refractivity contribution is 5.51. The van der Waals surface area contributed by atoms with Gasteiger partial charge in [0.05, 0.1) is 11.4 Å². The van der Waals surface area contributed by atoms with Crippen LogP contribution in [-0.2, 0) is 9.59 Å². The Kier molecular flexibility index (Phi) is 5.54. The molecule has 2 unspecified atom stereocenters. The summed E-state index contributed by atoms with van der Waals surface area (Å²) in [5.74, 6) is 0.312. The van der Waals surface area contributed by atoms with Crippen molar-refractivity contribution in [1.29, 1.82) is 0 Å². The van der Waals surface area contributed by atoms with Gasteiger partial charge < -0.3 is 0 Å². The van der Waals surface area contributed by atoms with Crippen LogP contribution in [0.2, 0.25) is 0 Å². The van der Waals surface area contributed by atoms with Gasteiger partial charge in [-0.15, -0.1) is 6.58 Å². The third-order valence-corrected chi connectivity index (χ3v) is 3.84. The Morgan fingerprint density at radius 3 is 1.70 bits per heavy atom. The van der Waals surface area contributed by atoms with E-state index in [-0.39, 0.29) is 11.8 Å². The number of rotatable bonds is 6. The zero-order valence-electron chi connectivity index (χ0n) is 12.8. The maximum atomic E-state index is 10.3. The number of carbonyl (C=O) groups excluding carboxylic acids is 2. The first-order valence-corrected chi connectivity index (χ1v) is 7.18. The molecule has 4 heteroatoms. The van der Waals surface area contributed by atoms with Crippen LogP contribution >= 0.6 is 0 Å². The molecule has 0 aliphatic carbocycles. The number of nitrogens with zero attached hydrogens (tertiary/aromatic N) is 2. The second-order valence-electron chi connectivity index (χ2n) is 5.14. The smallest absolute Gasteiger partial charge is 0.211 e. The Hall–Kier alpha value is -3.06. The summed E-state index contributed by atoms with van der Waals surface area (Å²) in [5.41, 5.74) is 3.37. The van der Waals surface area contributed by atoms with Crippen LogP contribution in [0.15, 0.2) is 71.2 Å². The summed E-state index contributed by atoms with van der Waals surface area (Å²) in [7, 11) is 0. The van der Waals surface area contributed by atoms with Crippen molar-refractivity contribution in [3.05, 3.63) is 72.3 Å². The molecular weight excluding hydrogens is 288 g/mol. The molecule has 114 valence electrons. The van der Waals surface area contributed by atoms with Crippen LogP contribution in [0.4, 0.5) is 11.4 Å². The molecule has 0 saturated carbocycles. The molecule has 23 heavy (non-hydrogen) atoms. The van der Waals surface area contributed by atoms with Crippen LogP contribution in [0.3, 0.4) is 0 Å². The molecule has 0 fully saturated rings. The van der Waals surface area contributed by atoms with E-state index in [9.17, 15) is 9.59 Å². The van der Waals surface area contributed by atoms with E-state index in [1.54, 1.807) is 24.3 Å². The van der Waals surface area contributed by atoms with Gasteiger partial charge in [0.2, 0.25) is 12.2 Å². The Balaban J connectivity index is 2.26. The highest BCUT2D eigenvalue weighted by Gasteiger charge is 2.18. The van der Waals surface area contributed by atoms with Crippen LogP contribution in [0.25, 0.3) is 0 Å². The lowest BCUT2D eigenvalue weighted by atomic mass is 9.82. The average Bonchev–Trinajstić information content (AvgIpc) is 2.58. The summed E-state index contributed by atoms with van der Waals surface area (Å²) in [6.07, 6.45) is 4.96. The van der Waals surface area contributed by atoms with Crippen LogP contribution in [0, 0.1) is 0 Å². The third kappa shape index (κ3) is 3.98. The molecule has 0 radical (unpaired) electrons. The molecule has 4 nitrogen and oxygen atoms in total. The van der Waals surface area contributed by atoms with Gasteiger partial charge in [-0.05, 0) is 41.3 Å². The van der Waals surface area contributed by atoms with Gasteiger partial charge in [0.25, 0.3) is 0 Å². The molecule has 0 saturated heterocycles. The molecule has 0 aliphatic heterocycles. The highest BCUT2D eigenvalue weighted by Crippen LogP contribution is 2.34. The van der Waals surface area contributed by atoms with E-state index >= 15 is 0 Å². The molecule has 0 amide bonds. The lowest BCUT2D eigenvalue weighted by Crippen LogP contribution is -2.05. The minimum absolute atomic E-state index is 0.115. The van der Waals surface area contributed by atoms with Crippen molar-refractivity contribution in [2.24, 2.45) is 9.98 Å². The van der Waals surface area contributed by atoms with Gasteiger partial charge in [0.15, 0.2) is 0 Å². The highest BCUT2D eigenvalue weighted by atomic mass is 16.1. The Morgan fingerprint density at radius 1 is 0.870 bits per heavy atom. The predicted molar refractivity (Wildman–Crippen MR) is 89.8 cm³/mol. The minimum Gasteiger partial charge on any atom is -0.211 e. The van der Waals surface area contributed by atoms with Gasteiger partial charge in [0, 0.05) is 5.92 Å². The van der Waals surface area contributed by atoms with Crippen molar-refractivity contribution in [2.75, 3.05) is 0 Å². The maximum Gasteiger partial charge on any atom is 0.240 e. The van der Waals surface area contributed by atoms with Crippen molar-refractivity contribution in [1.82, 2.24) is 0 Å². The molecule has 0 aliphatic rings. The SMILES string of the molecule is C=CC(c1ccc(N=C=O)cc1)C(C)c1ccc(N=C=O)cc1. The zero-order chi connectivity index (χ0) is 16.7. The molecule has 2 atom stereocenters. The van der Waals surface area contributed by atoms with E-state index in [4.69, 9.17) is 0 Å². The second kappa shape index (κ2) is 7.81. The van der Waals surface area contributed by atoms with Crippen LogP contribution in [0.1, 0.15) is 29.9 Å². The number of aliphatic imine (C=N–C) groups is 2. The van der Waals surface area contributed by atoms with Gasteiger partial charge in [0.1, 0.15) is 0 Å². The van der Waals surface area contributed by atoms with Crippen molar-refractivity contribution in [3.63, 3.8) is 0 Å². The molecule has 0 bridgehead atoms. The molecule has 0 aromatic heterocycles. The largest absolute Gasteiger partial charge is 0.240 e. The van der Waals surface area contributed by atoms with Crippen molar-refractivity contribution < 1.29 is 9.59 Å². The summed E-state index contributed by atoms with van der Waals surface area (Å²) >= 11 is 0. The summed E-state index contributed by atoms with van der Waals surface area (Å²) in [4.78, 5) is 27.7. The van der Waals surface area contributed by atoms with Crippen LogP contribution < -0.4 is 0 Å². The normalized spacial score (nSPS) is 12.4. The zero-order valence-corrected chi connectivity index (χ0v) is 12.8. The lowest BCUT2D eigenvalue weighted by Gasteiger charge is -2.22. The van der Waals surface area contributed by atoms with Crippen molar-refractivity contribution >= 4 is 23.5 Å². The number of isocyanates is 2. The molecule has 2 rings (SSSR count). The molecule has 0 spiro atoms. The predicted octanol–water partition coefficient (Wildman–Crippen LogP) is 4.69. The van der Waals surface area contributed by atoms with Gasteiger partial charge in [-0.1, -0.05) is 37.3 Å². The minimum atomic E-state index is 0.115. The first-order valence-electron chi connectivity index (χ1n) is 7.18. The van der Waals surface area contributed by atoms with Gasteiger partial charge in [-0.25, -0.2) is 9.59 Å². The fourth-order valence-corrected chi connectivity index (χ4v) is 2.57. The maximum absolute atomic E-state index is 10.3. The Morgan fingerprint density at radius 2 is 1.30 bits per heavy atom. The Labute approximate surface area is 134 Å². The van der Waals surface area contributed by atoms with Gasteiger partial charge >= 0.3 is 0 Å². The van der Waals surface area contributed by atoms with Crippen molar-refractivity contribution in [2.45, 2.75) is 18.8 Å². The quantitative estimate of drug-likeness (QED) is 0.441. The number of hydrogen-bond acceptors (Lipinski definition) is 4. The summed E-state index contributed by atoms with van der Waals surface area (Å²) in [6, 6.07) is 14.9. The first kappa shape index (κ1) is 16.3. The number of hydrogen-bond donors (Lipinski definition) is 0. The van der Waals surface area contributed by atoms with Gasteiger partial charge in [-0.3, -0.25) is 0 Å². The Bertz CT molecular complexity index is 766. The van der Waals surface area contributed by atoms with Crippen molar-refractivity contribution in [3.8, 4) is 0 Å². The topological polar surface area (TPSA) is 58.9 Å². The van der Waals surface area contributed by atoms with E-state index in [1.165, 1.54) is 12.2 Å². The molecule has 0 heterocycles. The van der Waals surface area contributed by atoms with Crippen LogP contribution in [-0.4, -0.2) is 12.2 Å². The lowest BCUT2D eigenvalue weighted by molar-refractivity contribution is 0.564. The van der Waals surface area contributed by atoms with E-state index < -0.39 is 0 Å². The fourth-order valence-electron chi connectivity index (χ4n) is 2.57. The summed E-state index contributed by atoms with van der Waals surface area (Å²) in [5, 5.41) is 0. The van der Waals surface area contributed by atoms with E-state index in [0.717, 1.165) is 11.1 Å². The first-order chi connectivity index (χ1) is 11.2. The standard InChI is InChI=1S/C19H16N2O2/c1-3-19(16-6-10-18(11-7-16)21-13-23)14(2)15-4-8-17(9-5-15)20-12-22/h3-11,14,19H,1H2,2H3. The molecule has 2 aromatic rings. The monoisotopic (exact) mass is 304 g/mol. The summed E-state index contributed by atoms with van der Waals surface area (Å²) in [6.45, 7) is 6.05. The summed E-state index contributed by atoms with van der Waals surface area (Å²) < 4.78 is 0. The second-order valence-corrected chi connectivity index (χ2v) is 5.14. The van der Waals surface area contributed by atoms with Crippen LogP contribution in [0.5, 0.6) is 0 Å². The van der Waals surface area contributed by atoms with E-state index in [2.05, 4.69) is 23.5 Å². The van der Waals surface area contributed by atoms with Gasteiger partial charge in [-0.2, -0.15) is 9.98 Å². The van der Waals surface area contributed by atoms with E-state index in [1.807, 2.05) is 30.3 Å². The fraction of sp³-hybridized carbons (Fsp3) is 0.158. The van der Waals surface area contributed by atoms with E-state index in [0.29, 0.717) is 11.4 Å². The third-order valence-electron chi connectivity index (χ3n) is 3.84.